The van der Waals surface area contributed by atoms with Gasteiger partial charge in [0.1, 0.15) is 0 Å². The van der Waals surface area contributed by atoms with Gasteiger partial charge in [-0.1, -0.05) is 19.2 Å². The molecule has 0 aliphatic carbocycles. The highest BCUT2D eigenvalue weighted by atomic mass is 28.3. The molecule has 0 fully saturated rings. The number of rotatable bonds is 1. The van der Waals surface area contributed by atoms with Gasteiger partial charge in [0, 0.05) is 0 Å². The molecule has 0 aliphatic rings. The first-order valence-corrected chi connectivity index (χ1v) is 4.78. The Hall–Kier alpha value is -0.0431. The molecule has 6 heavy (non-hydrogen) atoms. The van der Waals surface area contributed by atoms with Crippen LogP contribution < -0.4 is 0 Å². The molecule has 0 aromatic carbocycles. The molecule has 0 aromatic heterocycles. The third-order valence-electron chi connectivity index (χ3n) is 0.500. The van der Waals surface area contributed by atoms with Crippen molar-refractivity contribution in [2.75, 3.05) is 0 Å². The molecule has 0 N–H and O–H groups in total. The van der Waals surface area contributed by atoms with E-state index >= 15 is 0 Å². The zero-order valence-electron chi connectivity index (χ0n) is 4.65. The smallest absolute Gasteiger partial charge is 0.0688 e. The molecule has 1 radical (unpaired) electrons. The molecular weight excluding hydrogens is 88.1 g/mol. The molecule has 0 nitrogen and oxygen atoms in total. The third-order valence-corrected chi connectivity index (χ3v) is 1.50. The Labute approximate surface area is 41.5 Å². The molecule has 35 valence electrons. The molecule has 0 spiro atoms. The summed E-state index contributed by atoms with van der Waals surface area (Å²) in [5.74, 6) is 0. The van der Waals surface area contributed by atoms with Crippen LogP contribution in [0.25, 0.3) is 0 Å². The second kappa shape index (κ2) is 3.16. The standard InChI is InChI=1S/C5H11Si/c1-4-5-6(2)3/h4-5H,1-3H3/b5-4+. The van der Waals surface area contributed by atoms with E-state index in [9.17, 15) is 0 Å². The number of hydrogen-bond acceptors (Lipinski definition) is 0. The van der Waals surface area contributed by atoms with Gasteiger partial charge in [0.2, 0.25) is 0 Å². The second-order valence-electron chi connectivity index (χ2n) is 1.58. The van der Waals surface area contributed by atoms with E-state index in [1.54, 1.807) is 0 Å². The Morgan fingerprint density at radius 1 is 1.33 bits per heavy atom. The number of allylic oxidation sites excluding steroid dienone is 1. The van der Waals surface area contributed by atoms with Crippen molar-refractivity contribution in [3.8, 4) is 0 Å². The van der Waals surface area contributed by atoms with E-state index in [-0.39, 0.29) is 8.80 Å². The van der Waals surface area contributed by atoms with Crippen LogP contribution in [0.5, 0.6) is 0 Å². The summed E-state index contributed by atoms with van der Waals surface area (Å²) in [7, 11) is -0.0661. The molecule has 0 saturated heterocycles. The maximum Gasteiger partial charge on any atom is 0.0688 e. The lowest BCUT2D eigenvalue weighted by molar-refractivity contribution is 1.76. The summed E-state index contributed by atoms with van der Waals surface area (Å²) in [5, 5.41) is 0. The van der Waals surface area contributed by atoms with E-state index in [2.05, 4.69) is 31.8 Å². The summed E-state index contributed by atoms with van der Waals surface area (Å²) in [4.78, 5) is 0. The fourth-order valence-electron chi connectivity index (χ4n) is 0.333. The van der Waals surface area contributed by atoms with Crippen molar-refractivity contribution in [1.29, 1.82) is 0 Å². The Kier molecular flexibility index (Phi) is 3.14. The highest BCUT2D eigenvalue weighted by molar-refractivity contribution is 6.61. The number of hydrogen-bond donors (Lipinski definition) is 0. The van der Waals surface area contributed by atoms with Crippen LogP contribution in [-0.2, 0) is 0 Å². The van der Waals surface area contributed by atoms with Crippen LogP contribution in [0.2, 0.25) is 13.1 Å². The Morgan fingerprint density at radius 3 is 1.83 bits per heavy atom. The van der Waals surface area contributed by atoms with Crippen molar-refractivity contribution in [3.05, 3.63) is 11.8 Å². The summed E-state index contributed by atoms with van der Waals surface area (Å²) >= 11 is 0. The minimum atomic E-state index is -0.0661. The van der Waals surface area contributed by atoms with E-state index in [1.807, 2.05) is 0 Å². The van der Waals surface area contributed by atoms with Gasteiger partial charge in [0.15, 0.2) is 0 Å². The van der Waals surface area contributed by atoms with Crippen LogP contribution in [0.3, 0.4) is 0 Å². The van der Waals surface area contributed by atoms with E-state index in [1.165, 1.54) is 0 Å². The lowest BCUT2D eigenvalue weighted by atomic mass is 10.8. The molecular formula is C5H11Si. The quantitative estimate of drug-likeness (QED) is 0.440. The second-order valence-corrected chi connectivity index (χ2v) is 4.07. The first-order valence-electron chi connectivity index (χ1n) is 2.20. The van der Waals surface area contributed by atoms with E-state index in [0.717, 1.165) is 0 Å². The van der Waals surface area contributed by atoms with E-state index in [4.69, 9.17) is 0 Å². The first kappa shape index (κ1) is 5.96. The molecule has 0 aromatic rings. The minimum Gasteiger partial charge on any atom is -0.101 e. The van der Waals surface area contributed by atoms with Gasteiger partial charge in [0.05, 0.1) is 8.80 Å². The van der Waals surface area contributed by atoms with Crippen molar-refractivity contribution in [1.82, 2.24) is 0 Å². The SMILES string of the molecule is C/C=C/[Si](C)C. The topological polar surface area (TPSA) is 0 Å². The highest BCUT2D eigenvalue weighted by Crippen LogP contribution is 1.78. The van der Waals surface area contributed by atoms with Gasteiger partial charge in [-0.15, -0.1) is 5.70 Å². The minimum absolute atomic E-state index is 0.0661. The average molecular weight is 99.2 g/mol. The Bertz CT molecular complexity index is 45.9. The summed E-state index contributed by atoms with van der Waals surface area (Å²) < 4.78 is 0. The van der Waals surface area contributed by atoms with Gasteiger partial charge < -0.3 is 0 Å². The fourth-order valence-corrected chi connectivity index (χ4v) is 1.00. The van der Waals surface area contributed by atoms with Crippen LogP contribution in [0.4, 0.5) is 0 Å². The van der Waals surface area contributed by atoms with E-state index < -0.39 is 0 Å². The van der Waals surface area contributed by atoms with Crippen molar-refractivity contribution in [2.45, 2.75) is 20.0 Å². The first-order chi connectivity index (χ1) is 2.77. The molecule has 0 heterocycles. The fraction of sp³-hybridized carbons (Fsp3) is 0.600. The molecule has 0 atom stereocenters. The van der Waals surface area contributed by atoms with Gasteiger partial charge in [-0.2, -0.15) is 0 Å². The van der Waals surface area contributed by atoms with Gasteiger partial charge in [-0.05, 0) is 6.92 Å². The van der Waals surface area contributed by atoms with Crippen LogP contribution in [0.1, 0.15) is 6.92 Å². The third kappa shape index (κ3) is 3.96. The zero-order valence-corrected chi connectivity index (χ0v) is 5.65. The van der Waals surface area contributed by atoms with Crippen LogP contribution in [-0.4, -0.2) is 8.80 Å². The lowest BCUT2D eigenvalue weighted by Gasteiger charge is -1.83. The molecule has 1 heteroatoms. The van der Waals surface area contributed by atoms with Crippen molar-refractivity contribution in [2.24, 2.45) is 0 Å². The Morgan fingerprint density at radius 2 is 1.83 bits per heavy atom. The van der Waals surface area contributed by atoms with Crippen LogP contribution in [0, 0.1) is 0 Å². The van der Waals surface area contributed by atoms with Crippen molar-refractivity contribution in [3.63, 3.8) is 0 Å². The van der Waals surface area contributed by atoms with Crippen molar-refractivity contribution >= 4 is 8.80 Å². The van der Waals surface area contributed by atoms with Gasteiger partial charge in [0.25, 0.3) is 0 Å². The Balaban J connectivity index is 3.03. The molecule has 0 rings (SSSR count). The summed E-state index contributed by atoms with van der Waals surface area (Å²) in [6.45, 7) is 6.60. The normalized spacial score (nSPS) is 11.3. The van der Waals surface area contributed by atoms with E-state index in [0.29, 0.717) is 0 Å². The molecule has 0 aliphatic heterocycles. The summed E-state index contributed by atoms with van der Waals surface area (Å²) in [6, 6.07) is 0. The van der Waals surface area contributed by atoms with Gasteiger partial charge in [-0.25, -0.2) is 0 Å². The monoisotopic (exact) mass is 99.1 g/mol. The van der Waals surface area contributed by atoms with Crippen LogP contribution in [0.15, 0.2) is 11.8 Å². The molecule has 0 bridgehead atoms. The average Bonchev–Trinajstić information content (AvgIpc) is 1.35. The predicted octanol–water partition coefficient (Wildman–Crippen LogP) is 1.86. The van der Waals surface area contributed by atoms with Crippen LogP contribution >= 0.6 is 0 Å². The maximum absolute atomic E-state index is 2.27. The highest BCUT2D eigenvalue weighted by Gasteiger charge is 1.80. The summed E-state index contributed by atoms with van der Waals surface area (Å²) in [5.41, 5.74) is 2.27. The van der Waals surface area contributed by atoms with Crippen molar-refractivity contribution < 1.29 is 0 Å². The van der Waals surface area contributed by atoms with Gasteiger partial charge in [-0.3, -0.25) is 0 Å². The molecule has 0 amide bonds. The maximum atomic E-state index is 2.27. The summed E-state index contributed by atoms with van der Waals surface area (Å²) in [6.07, 6.45) is 2.12. The lowest BCUT2D eigenvalue weighted by Crippen LogP contribution is -1.90. The molecule has 0 saturated carbocycles. The zero-order chi connectivity index (χ0) is 4.99. The largest absolute Gasteiger partial charge is 0.101 e. The van der Waals surface area contributed by atoms with Gasteiger partial charge >= 0.3 is 0 Å². The predicted molar refractivity (Wildman–Crippen MR) is 32.3 cm³/mol. The molecule has 0 unspecified atom stereocenters.